The summed E-state index contributed by atoms with van der Waals surface area (Å²) in [5.74, 6) is -2.01. The van der Waals surface area contributed by atoms with Gasteiger partial charge in [0.2, 0.25) is 0 Å². The molecule has 5 rings (SSSR count). The lowest BCUT2D eigenvalue weighted by molar-refractivity contribution is -0.0446. The third kappa shape index (κ3) is 5.78. The van der Waals surface area contributed by atoms with Gasteiger partial charge in [-0.1, -0.05) is 0 Å². The summed E-state index contributed by atoms with van der Waals surface area (Å²) >= 11 is 0. The number of sulfonamides is 1. The van der Waals surface area contributed by atoms with Crippen LogP contribution in [0.25, 0.3) is 21.9 Å². The number of carbonyl (C=O) groups excluding carboxylic acids is 1. The van der Waals surface area contributed by atoms with Crippen LogP contribution < -0.4 is 9.62 Å². The van der Waals surface area contributed by atoms with Gasteiger partial charge in [0.05, 0.1) is 11.6 Å². The lowest BCUT2D eigenvalue weighted by Crippen LogP contribution is -2.46. The Labute approximate surface area is 228 Å². The molecule has 1 saturated heterocycles. The second-order valence-electron chi connectivity index (χ2n) is 9.69. The van der Waals surface area contributed by atoms with E-state index in [2.05, 4.69) is 20.9 Å². The molecule has 4 aromatic rings. The minimum Gasteiger partial charge on any atom is -0.451 e. The lowest BCUT2D eigenvalue weighted by atomic mass is 10.1. The second kappa shape index (κ2) is 10.9. The number of furan rings is 1. The number of nitrogens with one attached hydrogen (secondary N) is 2. The number of amides is 1. The molecule has 0 bridgehead atoms. The van der Waals surface area contributed by atoms with Gasteiger partial charge in [0.25, 0.3) is 0 Å². The number of aromatic nitrogens is 1. The van der Waals surface area contributed by atoms with Crippen LogP contribution in [0.4, 0.5) is 18.9 Å². The number of aromatic amines is 1. The van der Waals surface area contributed by atoms with Crippen molar-refractivity contribution < 1.29 is 30.8 Å². The van der Waals surface area contributed by atoms with Crippen LogP contribution in [0, 0.1) is 11.3 Å². The fourth-order valence-corrected chi connectivity index (χ4v) is 5.37. The molecule has 210 valence electrons. The number of anilines is 1. The number of unbranched alkanes of at least 4 members (excludes halogenated alkanes) is 1. The normalized spacial score (nSPS) is 15.0. The number of nitriles is 1. The van der Waals surface area contributed by atoms with Crippen LogP contribution in [0.1, 0.15) is 34.5 Å². The van der Waals surface area contributed by atoms with Crippen molar-refractivity contribution in [1.82, 2.24) is 14.6 Å². The molecule has 0 radical (unpaired) electrons. The predicted octanol–water partition coefficient (Wildman–Crippen LogP) is 4.51. The van der Waals surface area contributed by atoms with E-state index in [-0.39, 0.29) is 5.58 Å². The van der Waals surface area contributed by atoms with Crippen molar-refractivity contribution in [3.63, 3.8) is 0 Å². The number of hydrogen-bond acceptors (Lipinski definition) is 7. The molecule has 2 N–H and O–H groups in total. The van der Waals surface area contributed by atoms with Gasteiger partial charge >= 0.3 is 21.4 Å². The zero-order chi connectivity index (χ0) is 28.5. The van der Waals surface area contributed by atoms with Gasteiger partial charge in [-0.3, -0.25) is 9.69 Å². The number of H-pyrrole nitrogens is 1. The quantitative estimate of drug-likeness (QED) is 0.298. The minimum absolute atomic E-state index is 0.260. The summed E-state index contributed by atoms with van der Waals surface area (Å²) in [5, 5.41) is 10.7. The highest BCUT2D eigenvalue weighted by Crippen LogP contribution is 2.28. The van der Waals surface area contributed by atoms with E-state index >= 15 is 0 Å². The van der Waals surface area contributed by atoms with Crippen molar-refractivity contribution >= 4 is 43.5 Å². The molecule has 1 fully saturated rings. The molecule has 9 nitrogen and oxygen atoms in total. The summed E-state index contributed by atoms with van der Waals surface area (Å²) in [4.78, 5) is 19.9. The molecule has 0 saturated carbocycles. The summed E-state index contributed by atoms with van der Waals surface area (Å²) in [6.45, 7) is 4.26. The SMILES string of the molecule is N#Cc1ccc2[nH]cc(CCCCN3CCN(c4ccc5oc(C(=O)NS(=O)(=O)C(F)(F)F)cc5c4)CC3)c2c1. The summed E-state index contributed by atoms with van der Waals surface area (Å²) < 4.78 is 66.4. The number of fused-ring (bicyclic) bond motifs is 2. The van der Waals surface area contributed by atoms with Gasteiger partial charge in [-0.25, -0.2) is 4.72 Å². The average molecular weight is 574 g/mol. The van der Waals surface area contributed by atoms with E-state index < -0.39 is 27.2 Å². The minimum atomic E-state index is -5.83. The summed E-state index contributed by atoms with van der Waals surface area (Å²) in [6.07, 6.45) is 5.02. The Morgan fingerprint density at radius 1 is 1.07 bits per heavy atom. The highest BCUT2D eigenvalue weighted by atomic mass is 32.2. The number of halogens is 3. The summed E-state index contributed by atoms with van der Waals surface area (Å²) in [6, 6.07) is 14.3. The maximum absolute atomic E-state index is 12.6. The number of aryl methyl sites for hydroxylation is 1. The van der Waals surface area contributed by atoms with Crippen molar-refractivity contribution in [2.75, 3.05) is 37.6 Å². The van der Waals surface area contributed by atoms with Crippen LogP contribution in [0.2, 0.25) is 0 Å². The van der Waals surface area contributed by atoms with E-state index in [1.54, 1.807) is 18.2 Å². The Bertz CT molecular complexity index is 1700. The van der Waals surface area contributed by atoms with E-state index in [0.29, 0.717) is 10.9 Å². The fourth-order valence-electron chi connectivity index (χ4n) is 4.90. The molecule has 40 heavy (non-hydrogen) atoms. The predicted molar refractivity (Wildman–Crippen MR) is 143 cm³/mol. The van der Waals surface area contributed by atoms with Crippen LogP contribution in [-0.4, -0.2) is 62.4 Å². The number of alkyl halides is 3. The standard InChI is InChI=1S/C27H26F3N5O4S/c28-27(29,30)40(37,38)33-26(36)25-15-20-14-21(5-7-24(20)39-25)35-11-9-34(10-12-35)8-2-1-3-19-17-32-23-6-4-18(16-31)13-22(19)23/h4-7,13-15,17,32H,1-3,8-12H2,(H,33,36). The molecule has 13 heteroatoms. The zero-order valence-electron chi connectivity index (χ0n) is 21.3. The highest BCUT2D eigenvalue weighted by molar-refractivity contribution is 7.90. The molecule has 0 unspecified atom stereocenters. The Morgan fingerprint density at radius 3 is 2.58 bits per heavy atom. The number of carbonyl (C=O) groups is 1. The van der Waals surface area contributed by atoms with Gasteiger partial charge in [-0.05, 0) is 73.8 Å². The number of rotatable bonds is 8. The smallest absolute Gasteiger partial charge is 0.451 e. The summed E-state index contributed by atoms with van der Waals surface area (Å²) in [5.41, 5.74) is -1.57. The molecule has 1 aliphatic rings. The van der Waals surface area contributed by atoms with Gasteiger partial charge in [0.1, 0.15) is 5.58 Å². The summed E-state index contributed by atoms with van der Waals surface area (Å²) in [7, 11) is -5.83. The number of piperazine rings is 1. The zero-order valence-corrected chi connectivity index (χ0v) is 22.1. The largest absolute Gasteiger partial charge is 0.516 e. The van der Waals surface area contributed by atoms with Crippen molar-refractivity contribution in [2.45, 2.75) is 24.8 Å². The maximum atomic E-state index is 12.6. The van der Waals surface area contributed by atoms with Gasteiger partial charge in [0, 0.05) is 54.4 Å². The molecular formula is C27H26F3N5O4S. The highest BCUT2D eigenvalue weighted by Gasteiger charge is 2.47. The number of benzene rings is 2. The monoisotopic (exact) mass is 573 g/mol. The first kappa shape index (κ1) is 27.5. The van der Waals surface area contributed by atoms with Gasteiger partial charge < -0.3 is 14.3 Å². The Balaban J connectivity index is 1.12. The van der Waals surface area contributed by atoms with E-state index in [9.17, 15) is 26.4 Å². The molecular weight excluding hydrogens is 547 g/mol. The van der Waals surface area contributed by atoms with Crippen molar-refractivity contribution in [1.29, 1.82) is 5.26 Å². The van der Waals surface area contributed by atoms with Gasteiger partial charge in [-0.15, -0.1) is 0 Å². The molecule has 0 atom stereocenters. The molecule has 1 aliphatic heterocycles. The Hall–Kier alpha value is -4.02. The van der Waals surface area contributed by atoms with Crippen LogP contribution in [0.15, 0.2) is 53.1 Å². The molecule has 0 spiro atoms. The first-order valence-electron chi connectivity index (χ1n) is 12.7. The number of nitrogens with zero attached hydrogens (tertiary/aromatic N) is 3. The Kier molecular flexibility index (Phi) is 7.48. The first-order chi connectivity index (χ1) is 19.0. The van der Waals surface area contributed by atoms with Crippen molar-refractivity contribution in [2.24, 2.45) is 0 Å². The molecule has 0 aliphatic carbocycles. The molecule has 3 heterocycles. The third-order valence-electron chi connectivity index (χ3n) is 7.06. The topological polar surface area (TPSA) is 122 Å². The van der Waals surface area contributed by atoms with Crippen molar-refractivity contribution in [3.8, 4) is 6.07 Å². The van der Waals surface area contributed by atoms with Crippen LogP contribution in [0.3, 0.4) is 0 Å². The van der Waals surface area contributed by atoms with E-state index in [0.717, 1.165) is 73.3 Å². The fraction of sp³-hybridized carbons (Fsp3) is 0.333. The molecule has 1 amide bonds. The third-order valence-corrected chi connectivity index (χ3v) is 8.12. The van der Waals surface area contributed by atoms with E-state index in [4.69, 9.17) is 9.68 Å². The van der Waals surface area contributed by atoms with Crippen LogP contribution >= 0.6 is 0 Å². The maximum Gasteiger partial charge on any atom is 0.516 e. The lowest BCUT2D eigenvalue weighted by Gasteiger charge is -2.36. The second-order valence-corrected chi connectivity index (χ2v) is 11.4. The molecule has 2 aromatic heterocycles. The molecule has 2 aromatic carbocycles. The average Bonchev–Trinajstić information content (AvgIpc) is 3.54. The Morgan fingerprint density at radius 2 is 1.85 bits per heavy atom. The number of hydrogen-bond donors (Lipinski definition) is 2. The van der Waals surface area contributed by atoms with E-state index in [1.807, 2.05) is 24.4 Å². The van der Waals surface area contributed by atoms with Crippen LogP contribution in [0.5, 0.6) is 0 Å². The van der Waals surface area contributed by atoms with E-state index in [1.165, 1.54) is 11.6 Å². The van der Waals surface area contributed by atoms with Gasteiger partial charge in [-0.2, -0.15) is 26.9 Å². The van der Waals surface area contributed by atoms with Gasteiger partial charge in [0.15, 0.2) is 5.76 Å². The first-order valence-corrected chi connectivity index (χ1v) is 14.2. The van der Waals surface area contributed by atoms with Crippen molar-refractivity contribution in [3.05, 3.63) is 65.5 Å². The van der Waals surface area contributed by atoms with Crippen LogP contribution in [-0.2, 0) is 16.4 Å².